The molecule has 2 rings (SSSR count). The first-order valence-electron chi connectivity index (χ1n) is 8.51. The van der Waals surface area contributed by atoms with Gasteiger partial charge in [-0.05, 0) is 43.2 Å². The van der Waals surface area contributed by atoms with Gasteiger partial charge in [-0.25, -0.2) is 0 Å². The van der Waals surface area contributed by atoms with Crippen molar-refractivity contribution in [1.29, 1.82) is 0 Å². The van der Waals surface area contributed by atoms with Crippen molar-refractivity contribution in [3.8, 4) is 0 Å². The van der Waals surface area contributed by atoms with Crippen molar-refractivity contribution in [2.75, 3.05) is 7.05 Å². The summed E-state index contributed by atoms with van der Waals surface area (Å²) >= 11 is 0. The largest absolute Gasteiger partial charge is 0.366 e. The van der Waals surface area contributed by atoms with Crippen LogP contribution in [-0.2, 0) is 11.3 Å². The van der Waals surface area contributed by atoms with Crippen LogP contribution in [0, 0.1) is 13.8 Å². The molecule has 2 N–H and O–H groups in total. The molecule has 0 aliphatic rings. The van der Waals surface area contributed by atoms with E-state index in [4.69, 9.17) is 5.73 Å². The molecular weight excluding hydrogens is 328 g/mol. The lowest BCUT2D eigenvalue weighted by molar-refractivity contribution is -0.130. The number of aryl methyl sites for hydroxylation is 2. The predicted molar refractivity (Wildman–Crippen MR) is 101 cm³/mol. The Kier molecular flexibility index (Phi) is 6.28. The highest BCUT2D eigenvalue weighted by molar-refractivity contribution is 5.99. The molecule has 0 bridgehead atoms. The standard InChI is InChI=1S/C21H24N2O3/c1-14-7-8-15(2)18(11-14)19(24)9-10-20(25)23(3)13-16-5-4-6-17(12-16)21(22)26/h4-8,11-12H,9-10,13H2,1-3H3,(H2,22,26). The molecule has 0 heterocycles. The summed E-state index contributed by atoms with van der Waals surface area (Å²) in [5.74, 6) is -0.642. The average Bonchev–Trinajstić information content (AvgIpc) is 2.61. The van der Waals surface area contributed by atoms with Crippen LogP contribution in [-0.4, -0.2) is 29.5 Å². The maximum Gasteiger partial charge on any atom is 0.248 e. The second-order valence-corrected chi connectivity index (χ2v) is 6.56. The van der Waals surface area contributed by atoms with Gasteiger partial charge in [0.15, 0.2) is 5.78 Å². The van der Waals surface area contributed by atoms with Crippen molar-refractivity contribution < 1.29 is 14.4 Å². The van der Waals surface area contributed by atoms with Crippen LogP contribution in [0.1, 0.15) is 50.2 Å². The van der Waals surface area contributed by atoms with E-state index >= 15 is 0 Å². The smallest absolute Gasteiger partial charge is 0.248 e. The van der Waals surface area contributed by atoms with Gasteiger partial charge in [0.05, 0.1) is 0 Å². The third kappa shape index (κ3) is 5.02. The van der Waals surface area contributed by atoms with Gasteiger partial charge in [-0.1, -0.05) is 29.8 Å². The summed E-state index contributed by atoms with van der Waals surface area (Å²) in [6.45, 7) is 4.19. The fourth-order valence-electron chi connectivity index (χ4n) is 2.77. The van der Waals surface area contributed by atoms with Gasteiger partial charge in [0.25, 0.3) is 0 Å². The molecule has 0 aromatic heterocycles. The molecule has 0 unspecified atom stereocenters. The molecule has 0 aliphatic carbocycles. The topological polar surface area (TPSA) is 80.5 Å². The minimum atomic E-state index is -0.500. The van der Waals surface area contributed by atoms with Gasteiger partial charge < -0.3 is 10.6 Å². The van der Waals surface area contributed by atoms with Gasteiger partial charge in [-0.2, -0.15) is 0 Å². The molecule has 0 atom stereocenters. The Labute approximate surface area is 153 Å². The lowest BCUT2D eigenvalue weighted by atomic mass is 9.99. The zero-order valence-electron chi connectivity index (χ0n) is 15.4. The molecule has 2 aromatic rings. The molecule has 5 heteroatoms. The van der Waals surface area contributed by atoms with E-state index in [0.717, 1.165) is 16.7 Å². The zero-order valence-corrected chi connectivity index (χ0v) is 15.4. The van der Waals surface area contributed by atoms with Gasteiger partial charge in [0, 0.05) is 37.6 Å². The van der Waals surface area contributed by atoms with Gasteiger partial charge in [0.1, 0.15) is 0 Å². The number of ketones is 1. The Balaban J connectivity index is 1.95. The van der Waals surface area contributed by atoms with Crippen LogP contribution in [0.2, 0.25) is 0 Å². The minimum Gasteiger partial charge on any atom is -0.366 e. The number of hydrogen-bond donors (Lipinski definition) is 1. The summed E-state index contributed by atoms with van der Waals surface area (Å²) in [5.41, 5.74) is 9.12. The molecule has 0 aliphatic heterocycles. The molecule has 0 saturated heterocycles. The minimum absolute atomic E-state index is 0.0244. The first kappa shape index (κ1) is 19.4. The van der Waals surface area contributed by atoms with Gasteiger partial charge in [0.2, 0.25) is 11.8 Å². The van der Waals surface area contributed by atoms with Crippen molar-refractivity contribution in [2.45, 2.75) is 33.2 Å². The summed E-state index contributed by atoms with van der Waals surface area (Å²) in [7, 11) is 1.68. The number of amides is 2. The van der Waals surface area contributed by atoms with Crippen molar-refractivity contribution in [1.82, 2.24) is 4.90 Å². The Morgan fingerprint density at radius 1 is 1.00 bits per heavy atom. The first-order valence-corrected chi connectivity index (χ1v) is 8.51. The third-order valence-corrected chi connectivity index (χ3v) is 4.32. The Bertz CT molecular complexity index is 843. The summed E-state index contributed by atoms with van der Waals surface area (Å²) in [6.07, 6.45) is 0.326. The van der Waals surface area contributed by atoms with Crippen LogP contribution in [0.4, 0.5) is 0 Å². The van der Waals surface area contributed by atoms with Crippen LogP contribution in [0.15, 0.2) is 42.5 Å². The molecule has 136 valence electrons. The molecule has 26 heavy (non-hydrogen) atoms. The van der Waals surface area contributed by atoms with E-state index in [0.29, 0.717) is 17.7 Å². The average molecular weight is 352 g/mol. The summed E-state index contributed by atoms with van der Waals surface area (Å²) in [6, 6.07) is 12.6. The van der Waals surface area contributed by atoms with Gasteiger partial charge >= 0.3 is 0 Å². The molecule has 0 fully saturated rings. The normalized spacial score (nSPS) is 10.4. The predicted octanol–water partition coefficient (Wildman–Crippen LogP) is 3.02. The number of Topliss-reactive ketones (excluding diaryl/α,β-unsaturated/α-hetero) is 1. The Morgan fingerprint density at radius 2 is 1.73 bits per heavy atom. The lowest BCUT2D eigenvalue weighted by Gasteiger charge is -2.17. The van der Waals surface area contributed by atoms with Crippen LogP contribution in [0.3, 0.4) is 0 Å². The summed E-state index contributed by atoms with van der Waals surface area (Å²) in [5, 5.41) is 0. The maximum atomic E-state index is 12.4. The quantitative estimate of drug-likeness (QED) is 0.778. The van der Waals surface area contributed by atoms with Crippen LogP contribution < -0.4 is 5.73 Å². The van der Waals surface area contributed by atoms with E-state index in [9.17, 15) is 14.4 Å². The van der Waals surface area contributed by atoms with Crippen molar-refractivity contribution in [3.05, 3.63) is 70.3 Å². The second kappa shape index (κ2) is 8.43. The number of nitrogens with zero attached hydrogens (tertiary/aromatic N) is 1. The Hall–Kier alpha value is -2.95. The van der Waals surface area contributed by atoms with Crippen molar-refractivity contribution in [2.24, 2.45) is 5.73 Å². The number of primary amides is 1. The number of benzene rings is 2. The number of nitrogens with two attached hydrogens (primary N) is 1. The second-order valence-electron chi connectivity index (χ2n) is 6.56. The summed E-state index contributed by atoms with van der Waals surface area (Å²) < 4.78 is 0. The van der Waals surface area contributed by atoms with E-state index in [-0.39, 0.29) is 24.5 Å². The van der Waals surface area contributed by atoms with Gasteiger partial charge in [-0.15, -0.1) is 0 Å². The molecule has 0 saturated carbocycles. The molecule has 0 spiro atoms. The van der Waals surface area contributed by atoms with Crippen LogP contribution >= 0.6 is 0 Å². The molecule has 5 nitrogen and oxygen atoms in total. The zero-order chi connectivity index (χ0) is 19.3. The fraction of sp³-hybridized carbons (Fsp3) is 0.286. The van der Waals surface area contributed by atoms with Gasteiger partial charge in [-0.3, -0.25) is 14.4 Å². The highest BCUT2D eigenvalue weighted by Gasteiger charge is 2.15. The first-order chi connectivity index (χ1) is 12.3. The highest BCUT2D eigenvalue weighted by atomic mass is 16.2. The van der Waals surface area contributed by atoms with Crippen LogP contribution in [0.25, 0.3) is 0 Å². The number of rotatable bonds is 7. The van der Waals surface area contributed by atoms with Crippen molar-refractivity contribution in [3.63, 3.8) is 0 Å². The Morgan fingerprint density at radius 3 is 2.42 bits per heavy atom. The molecular formula is C21H24N2O3. The fourth-order valence-corrected chi connectivity index (χ4v) is 2.77. The van der Waals surface area contributed by atoms with Crippen LogP contribution in [0.5, 0.6) is 0 Å². The number of hydrogen-bond acceptors (Lipinski definition) is 3. The third-order valence-electron chi connectivity index (χ3n) is 4.32. The number of carbonyl (C=O) groups excluding carboxylic acids is 3. The van der Waals surface area contributed by atoms with E-state index in [1.165, 1.54) is 0 Å². The number of carbonyl (C=O) groups is 3. The summed E-state index contributed by atoms with van der Waals surface area (Å²) in [4.78, 5) is 37.5. The monoisotopic (exact) mass is 352 g/mol. The SMILES string of the molecule is Cc1ccc(C)c(C(=O)CCC(=O)N(C)Cc2cccc(C(N)=O)c2)c1. The molecule has 2 aromatic carbocycles. The van der Waals surface area contributed by atoms with E-state index in [1.807, 2.05) is 38.1 Å². The maximum absolute atomic E-state index is 12.4. The van der Waals surface area contributed by atoms with E-state index in [1.54, 1.807) is 30.1 Å². The lowest BCUT2D eigenvalue weighted by Crippen LogP contribution is -2.26. The molecule has 0 radical (unpaired) electrons. The van der Waals surface area contributed by atoms with Crippen molar-refractivity contribution >= 4 is 17.6 Å². The van der Waals surface area contributed by atoms with E-state index < -0.39 is 5.91 Å². The molecule has 2 amide bonds. The highest BCUT2D eigenvalue weighted by Crippen LogP contribution is 2.15. The van der Waals surface area contributed by atoms with E-state index in [2.05, 4.69) is 0 Å².